The highest BCUT2D eigenvalue weighted by molar-refractivity contribution is 5.93. The number of carbonyl (C=O) groups is 1. The molecule has 1 aromatic heterocycles. The lowest BCUT2D eigenvalue weighted by Crippen LogP contribution is -2.51. The normalized spacial score (nSPS) is 22.9. The van der Waals surface area contributed by atoms with Gasteiger partial charge in [0.05, 0.1) is 12.8 Å². The van der Waals surface area contributed by atoms with Crippen LogP contribution in [0.5, 0.6) is 5.75 Å². The Balaban J connectivity index is 1.38. The molecule has 0 aliphatic carbocycles. The number of piperidine rings is 2. The molecule has 144 valence electrons. The number of aromatic nitrogens is 2. The Morgan fingerprint density at radius 1 is 1.26 bits per heavy atom. The van der Waals surface area contributed by atoms with E-state index in [0.29, 0.717) is 17.7 Å². The fourth-order valence-corrected chi connectivity index (χ4v) is 4.50. The zero-order valence-corrected chi connectivity index (χ0v) is 15.9. The summed E-state index contributed by atoms with van der Waals surface area (Å²) in [6.45, 7) is 3.19. The Kier molecular flexibility index (Phi) is 5.43. The summed E-state index contributed by atoms with van der Waals surface area (Å²) in [5, 5.41) is 10.3. The molecule has 1 amide bonds. The second-order valence-corrected chi connectivity index (χ2v) is 7.61. The average molecular weight is 368 g/mol. The minimum atomic E-state index is -0.0791. The van der Waals surface area contributed by atoms with E-state index in [4.69, 9.17) is 4.74 Å². The minimum Gasteiger partial charge on any atom is -0.497 e. The third kappa shape index (κ3) is 4.00. The summed E-state index contributed by atoms with van der Waals surface area (Å²) in [7, 11) is 1.64. The Hall–Kier alpha value is -2.34. The number of rotatable bonds is 5. The van der Waals surface area contributed by atoms with E-state index in [-0.39, 0.29) is 5.91 Å². The van der Waals surface area contributed by atoms with Gasteiger partial charge in [0, 0.05) is 18.2 Å². The molecule has 2 fully saturated rings. The lowest BCUT2D eigenvalue weighted by Gasteiger charge is -2.44. The molecule has 2 atom stereocenters. The highest BCUT2D eigenvalue weighted by atomic mass is 16.5. The molecule has 2 N–H and O–H groups in total. The number of methoxy groups -OCH3 is 1. The Labute approximate surface area is 160 Å². The van der Waals surface area contributed by atoms with E-state index in [0.717, 1.165) is 23.6 Å². The number of nitrogens with zero attached hydrogens (tertiary/aromatic N) is 2. The summed E-state index contributed by atoms with van der Waals surface area (Å²) in [6.07, 6.45) is 6.35. The van der Waals surface area contributed by atoms with Crippen molar-refractivity contribution in [3.63, 3.8) is 0 Å². The molecule has 0 saturated carbocycles. The molecule has 2 aliphatic heterocycles. The smallest absolute Gasteiger partial charge is 0.269 e. The Morgan fingerprint density at radius 3 is 3.04 bits per heavy atom. The first-order chi connectivity index (χ1) is 13.2. The van der Waals surface area contributed by atoms with Crippen molar-refractivity contribution in [1.82, 2.24) is 20.4 Å². The molecule has 27 heavy (non-hydrogen) atoms. The van der Waals surface area contributed by atoms with E-state index in [1.807, 2.05) is 24.3 Å². The van der Waals surface area contributed by atoms with E-state index >= 15 is 0 Å². The van der Waals surface area contributed by atoms with Crippen molar-refractivity contribution >= 4 is 5.91 Å². The van der Waals surface area contributed by atoms with Gasteiger partial charge in [-0.25, -0.2) is 0 Å². The topological polar surface area (TPSA) is 70.2 Å². The summed E-state index contributed by atoms with van der Waals surface area (Å²) in [6, 6.07) is 10.1. The van der Waals surface area contributed by atoms with Crippen molar-refractivity contribution in [2.45, 2.75) is 38.1 Å². The summed E-state index contributed by atoms with van der Waals surface area (Å²) >= 11 is 0. The van der Waals surface area contributed by atoms with Crippen molar-refractivity contribution in [2.75, 3.05) is 26.7 Å². The van der Waals surface area contributed by atoms with Gasteiger partial charge in [0.15, 0.2) is 0 Å². The third-order valence-corrected chi connectivity index (χ3v) is 5.94. The molecule has 1 aromatic carbocycles. The fraction of sp³-hybridized carbons (Fsp3) is 0.524. The van der Waals surface area contributed by atoms with Crippen LogP contribution < -0.4 is 10.1 Å². The number of ether oxygens (including phenoxy) is 1. The maximum absolute atomic E-state index is 12.6. The number of carbonyl (C=O) groups excluding carboxylic acids is 1. The van der Waals surface area contributed by atoms with Crippen LogP contribution in [-0.4, -0.2) is 53.8 Å². The van der Waals surface area contributed by atoms with Crippen molar-refractivity contribution in [2.24, 2.45) is 5.92 Å². The number of amides is 1. The van der Waals surface area contributed by atoms with Crippen LogP contribution in [-0.2, 0) is 0 Å². The molecule has 0 spiro atoms. The predicted molar refractivity (Wildman–Crippen MR) is 105 cm³/mol. The first kappa shape index (κ1) is 18.0. The van der Waals surface area contributed by atoms with Gasteiger partial charge in [0.1, 0.15) is 11.4 Å². The van der Waals surface area contributed by atoms with Crippen LogP contribution in [0.4, 0.5) is 0 Å². The molecule has 6 nitrogen and oxygen atoms in total. The summed E-state index contributed by atoms with van der Waals surface area (Å²) < 4.78 is 5.26. The number of nitrogens with one attached hydrogen (secondary N) is 2. The van der Waals surface area contributed by atoms with Crippen LogP contribution in [0, 0.1) is 5.92 Å². The van der Waals surface area contributed by atoms with E-state index in [1.54, 1.807) is 13.2 Å². The van der Waals surface area contributed by atoms with E-state index in [9.17, 15) is 4.79 Å². The molecule has 0 bridgehead atoms. The van der Waals surface area contributed by atoms with Crippen molar-refractivity contribution in [3.8, 4) is 17.0 Å². The lowest BCUT2D eigenvalue weighted by atomic mass is 9.83. The quantitative estimate of drug-likeness (QED) is 0.851. The molecule has 3 heterocycles. The van der Waals surface area contributed by atoms with Crippen LogP contribution in [0.25, 0.3) is 11.3 Å². The molecule has 2 saturated heterocycles. The number of benzene rings is 1. The third-order valence-electron chi connectivity index (χ3n) is 5.94. The second kappa shape index (κ2) is 8.13. The number of H-pyrrole nitrogens is 1. The van der Waals surface area contributed by atoms with E-state index < -0.39 is 0 Å². The first-order valence-electron chi connectivity index (χ1n) is 9.96. The van der Waals surface area contributed by atoms with Gasteiger partial charge in [0.2, 0.25) is 0 Å². The number of aromatic amines is 1. The molecular formula is C21H28N4O2. The Bertz CT molecular complexity index is 786. The maximum Gasteiger partial charge on any atom is 0.269 e. The van der Waals surface area contributed by atoms with Gasteiger partial charge in [-0.3, -0.25) is 9.89 Å². The van der Waals surface area contributed by atoms with Crippen molar-refractivity contribution in [3.05, 3.63) is 36.0 Å². The summed E-state index contributed by atoms with van der Waals surface area (Å²) in [5.41, 5.74) is 2.18. The Morgan fingerprint density at radius 2 is 2.15 bits per heavy atom. The molecule has 0 unspecified atom stereocenters. The highest BCUT2D eigenvalue weighted by Gasteiger charge is 2.33. The monoisotopic (exact) mass is 368 g/mol. The highest BCUT2D eigenvalue weighted by Crippen LogP contribution is 2.30. The van der Waals surface area contributed by atoms with Gasteiger partial charge < -0.3 is 15.0 Å². The number of fused-ring (bicyclic) bond motifs is 1. The average Bonchev–Trinajstić information content (AvgIpc) is 3.22. The first-order valence-corrected chi connectivity index (χ1v) is 9.96. The number of hydrogen-bond donors (Lipinski definition) is 2. The molecular weight excluding hydrogens is 340 g/mol. The zero-order valence-electron chi connectivity index (χ0n) is 15.9. The zero-order chi connectivity index (χ0) is 18.6. The van der Waals surface area contributed by atoms with Crippen molar-refractivity contribution in [1.29, 1.82) is 0 Å². The van der Waals surface area contributed by atoms with Crippen molar-refractivity contribution < 1.29 is 9.53 Å². The molecule has 6 heteroatoms. The molecule has 4 rings (SSSR count). The molecule has 2 aliphatic rings. The summed E-state index contributed by atoms with van der Waals surface area (Å²) in [4.78, 5) is 15.2. The lowest BCUT2D eigenvalue weighted by molar-refractivity contribution is 0.0575. The molecule has 2 aromatic rings. The van der Waals surface area contributed by atoms with Gasteiger partial charge in [-0.2, -0.15) is 5.10 Å². The van der Waals surface area contributed by atoms with Gasteiger partial charge >= 0.3 is 0 Å². The van der Waals surface area contributed by atoms with Crippen LogP contribution >= 0.6 is 0 Å². The number of hydrogen-bond acceptors (Lipinski definition) is 4. The van der Waals surface area contributed by atoms with Gasteiger partial charge in [-0.15, -0.1) is 0 Å². The fourth-order valence-electron chi connectivity index (χ4n) is 4.50. The SMILES string of the molecule is COc1cccc(-c2cc(C(=O)NC[C@@H]3CCCN4CCCC[C@H]34)[nH]n2)c1. The second-order valence-electron chi connectivity index (χ2n) is 7.61. The standard InChI is InChI=1S/C21H28N4O2/c1-27-17-8-4-6-15(12-17)18-13-19(24-23-18)21(26)22-14-16-7-5-11-25-10-3-2-9-20(16)25/h4,6,8,12-13,16,20H,2-3,5,7,9-11,14H2,1H3,(H,22,26)(H,23,24)/t16-,20+/m0/s1. The maximum atomic E-state index is 12.6. The van der Waals surface area contributed by atoms with Crippen LogP contribution in [0.1, 0.15) is 42.6 Å². The minimum absolute atomic E-state index is 0.0791. The van der Waals surface area contributed by atoms with Crippen LogP contribution in [0.2, 0.25) is 0 Å². The van der Waals surface area contributed by atoms with Gasteiger partial charge in [-0.1, -0.05) is 18.6 Å². The van der Waals surface area contributed by atoms with Gasteiger partial charge in [-0.05, 0) is 62.9 Å². The predicted octanol–water partition coefficient (Wildman–Crippen LogP) is 3.08. The van der Waals surface area contributed by atoms with Gasteiger partial charge in [0.25, 0.3) is 5.91 Å². The van der Waals surface area contributed by atoms with E-state index in [1.165, 1.54) is 45.2 Å². The largest absolute Gasteiger partial charge is 0.497 e. The van der Waals surface area contributed by atoms with Crippen LogP contribution in [0.15, 0.2) is 30.3 Å². The van der Waals surface area contributed by atoms with Crippen LogP contribution in [0.3, 0.4) is 0 Å². The summed E-state index contributed by atoms with van der Waals surface area (Å²) in [5.74, 6) is 1.25. The molecule has 0 radical (unpaired) electrons. The van der Waals surface area contributed by atoms with E-state index in [2.05, 4.69) is 20.4 Å².